The summed E-state index contributed by atoms with van der Waals surface area (Å²) in [5.41, 5.74) is 4.33. The molecule has 3 aromatic carbocycles. The number of aryl methyl sites for hydroxylation is 1. The summed E-state index contributed by atoms with van der Waals surface area (Å²) in [5, 5.41) is 0. The van der Waals surface area contributed by atoms with Crippen LogP contribution in [0.2, 0.25) is 0 Å². The highest BCUT2D eigenvalue weighted by atomic mass is 35.5. The van der Waals surface area contributed by atoms with Crippen LogP contribution in [0.5, 0.6) is 0 Å². The van der Waals surface area contributed by atoms with Gasteiger partial charge in [0.25, 0.3) is 5.91 Å². The molecule has 3 aromatic rings. The number of hydrogen-bond donors (Lipinski definition) is 0. The van der Waals surface area contributed by atoms with Crippen molar-refractivity contribution in [1.29, 1.82) is 0 Å². The fraction of sp³-hybridized carbons (Fsp3) is 0.296. The number of amides is 1. The summed E-state index contributed by atoms with van der Waals surface area (Å²) in [4.78, 5) is 18.1. The zero-order chi connectivity index (χ0) is 20.8. The van der Waals surface area contributed by atoms with Crippen molar-refractivity contribution in [3.8, 4) is 0 Å². The fourth-order valence-electron chi connectivity index (χ4n) is 4.36. The molecule has 1 aliphatic rings. The van der Waals surface area contributed by atoms with Gasteiger partial charge < -0.3 is 9.80 Å². The van der Waals surface area contributed by atoms with Gasteiger partial charge in [-0.1, -0.05) is 66.7 Å². The molecule has 0 N–H and O–H groups in total. The minimum Gasteiger partial charge on any atom is -0.305 e. The van der Waals surface area contributed by atoms with Gasteiger partial charge in [0.2, 0.25) is 0 Å². The molecule has 0 saturated carbocycles. The Labute approximate surface area is 192 Å². The summed E-state index contributed by atoms with van der Waals surface area (Å²) in [6.07, 6.45) is 3.08. The van der Waals surface area contributed by atoms with E-state index in [0.717, 1.165) is 55.7 Å². The zero-order valence-electron chi connectivity index (χ0n) is 18.1. The predicted octanol–water partition coefficient (Wildman–Crippen LogP) is 5.77. The number of carbonyl (C=O) groups excluding carboxylic acids is 1. The number of carbonyl (C=O) groups is 1. The van der Waals surface area contributed by atoms with E-state index in [1.54, 1.807) is 0 Å². The topological polar surface area (TPSA) is 23.6 Å². The van der Waals surface area contributed by atoms with Crippen molar-refractivity contribution in [1.82, 2.24) is 4.90 Å². The normalized spacial score (nSPS) is 14.6. The quantitative estimate of drug-likeness (QED) is 0.491. The van der Waals surface area contributed by atoms with Crippen LogP contribution in [0.25, 0.3) is 0 Å². The highest BCUT2D eigenvalue weighted by Gasteiger charge is 2.30. The maximum atomic E-state index is 13.5. The molecule has 0 aliphatic carbocycles. The van der Waals surface area contributed by atoms with Crippen molar-refractivity contribution in [2.24, 2.45) is 0 Å². The Hall–Kier alpha value is -2.62. The molecular formula is C27H31ClN2O. The molecule has 1 saturated heterocycles. The molecule has 1 aliphatic heterocycles. The van der Waals surface area contributed by atoms with Crippen molar-refractivity contribution in [2.75, 3.05) is 24.5 Å². The number of piperidine rings is 1. The van der Waals surface area contributed by atoms with Crippen LogP contribution in [0, 0.1) is 6.92 Å². The molecule has 162 valence electrons. The largest absolute Gasteiger partial charge is 0.305 e. The maximum Gasteiger partial charge on any atom is 0.258 e. The summed E-state index contributed by atoms with van der Waals surface area (Å²) in [6.45, 7) is 5.23. The zero-order valence-corrected chi connectivity index (χ0v) is 18.9. The highest BCUT2D eigenvalue weighted by molar-refractivity contribution is 6.06. The van der Waals surface area contributed by atoms with E-state index in [4.69, 9.17) is 0 Å². The Bertz CT molecular complexity index is 953. The number of anilines is 1. The molecule has 1 fully saturated rings. The Morgan fingerprint density at radius 3 is 2.10 bits per heavy atom. The number of halogens is 1. The maximum absolute atomic E-state index is 13.5. The van der Waals surface area contributed by atoms with E-state index < -0.39 is 0 Å². The van der Waals surface area contributed by atoms with Gasteiger partial charge in [0.1, 0.15) is 0 Å². The molecule has 3 nitrogen and oxygen atoms in total. The van der Waals surface area contributed by atoms with E-state index in [9.17, 15) is 4.79 Å². The van der Waals surface area contributed by atoms with Crippen LogP contribution in [0.4, 0.5) is 5.69 Å². The van der Waals surface area contributed by atoms with Gasteiger partial charge in [-0.3, -0.25) is 4.79 Å². The van der Waals surface area contributed by atoms with Gasteiger partial charge in [0, 0.05) is 36.9 Å². The molecule has 0 unspecified atom stereocenters. The molecule has 4 rings (SSSR count). The molecule has 0 aromatic heterocycles. The number of rotatable bonds is 6. The highest BCUT2D eigenvalue weighted by Crippen LogP contribution is 2.28. The number of nitrogens with zero attached hydrogens (tertiary/aromatic N) is 2. The molecule has 4 heteroatoms. The van der Waals surface area contributed by atoms with Crippen LogP contribution in [0.15, 0.2) is 84.9 Å². The van der Waals surface area contributed by atoms with Gasteiger partial charge >= 0.3 is 0 Å². The Kier molecular flexibility index (Phi) is 8.27. The van der Waals surface area contributed by atoms with Gasteiger partial charge in [0.15, 0.2) is 0 Å². The fourth-order valence-corrected chi connectivity index (χ4v) is 4.36. The molecular weight excluding hydrogens is 404 g/mol. The SMILES string of the molecule is Cc1ccccc1N(C(=O)c1ccccc1)C1CCN(CCc2ccccc2)CC1.Cl. The van der Waals surface area contributed by atoms with Crippen LogP contribution in [0.1, 0.15) is 34.3 Å². The number of hydrogen-bond acceptors (Lipinski definition) is 2. The van der Waals surface area contributed by atoms with Crippen molar-refractivity contribution in [3.63, 3.8) is 0 Å². The first-order valence-electron chi connectivity index (χ1n) is 10.9. The molecule has 0 radical (unpaired) electrons. The Morgan fingerprint density at radius 2 is 1.45 bits per heavy atom. The van der Waals surface area contributed by atoms with Crippen molar-refractivity contribution >= 4 is 24.0 Å². The first-order chi connectivity index (χ1) is 14.7. The number of para-hydroxylation sites is 1. The van der Waals surface area contributed by atoms with Crippen molar-refractivity contribution in [3.05, 3.63) is 102 Å². The summed E-state index contributed by atoms with van der Waals surface area (Å²) in [5.74, 6) is 0.104. The van der Waals surface area contributed by atoms with Crippen LogP contribution in [0.3, 0.4) is 0 Å². The summed E-state index contributed by atoms with van der Waals surface area (Å²) in [7, 11) is 0. The van der Waals surface area contributed by atoms with Gasteiger partial charge in [-0.2, -0.15) is 0 Å². The third-order valence-corrected chi connectivity index (χ3v) is 6.10. The van der Waals surface area contributed by atoms with E-state index in [2.05, 4.69) is 59.2 Å². The number of likely N-dealkylation sites (tertiary alicyclic amines) is 1. The minimum absolute atomic E-state index is 0. The summed E-state index contributed by atoms with van der Waals surface area (Å²) < 4.78 is 0. The molecule has 31 heavy (non-hydrogen) atoms. The van der Waals surface area contributed by atoms with E-state index in [-0.39, 0.29) is 24.4 Å². The lowest BCUT2D eigenvalue weighted by atomic mass is 9.99. The average Bonchev–Trinajstić information content (AvgIpc) is 2.81. The van der Waals surface area contributed by atoms with E-state index in [0.29, 0.717) is 0 Å². The van der Waals surface area contributed by atoms with Crippen LogP contribution in [-0.2, 0) is 6.42 Å². The van der Waals surface area contributed by atoms with Crippen molar-refractivity contribution < 1.29 is 4.79 Å². The van der Waals surface area contributed by atoms with E-state index in [1.807, 2.05) is 42.5 Å². The van der Waals surface area contributed by atoms with Crippen LogP contribution in [-0.4, -0.2) is 36.5 Å². The van der Waals surface area contributed by atoms with E-state index >= 15 is 0 Å². The average molecular weight is 435 g/mol. The molecule has 1 heterocycles. The lowest BCUT2D eigenvalue weighted by molar-refractivity contribution is 0.0960. The molecule has 0 bridgehead atoms. The Balaban J connectivity index is 0.00000272. The Morgan fingerprint density at radius 1 is 0.871 bits per heavy atom. The van der Waals surface area contributed by atoms with Crippen molar-refractivity contribution in [2.45, 2.75) is 32.2 Å². The lowest BCUT2D eigenvalue weighted by Gasteiger charge is -2.39. The van der Waals surface area contributed by atoms with Gasteiger partial charge in [0.05, 0.1) is 0 Å². The lowest BCUT2D eigenvalue weighted by Crippen LogP contribution is -2.48. The predicted molar refractivity (Wildman–Crippen MR) is 131 cm³/mol. The summed E-state index contributed by atoms with van der Waals surface area (Å²) >= 11 is 0. The van der Waals surface area contributed by atoms with Crippen LogP contribution >= 0.6 is 12.4 Å². The molecule has 0 spiro atoms. The molecule has 1 amide bonds. The smallest absolute Gasteiger partial charge is 0.258 e. The first kappa shape index (κ1) is 23.1. The number of benzene rings is 3. The second-order valence-electron chi connectivity index (χ2n) is 8.14. The second kappa shape index (κ2) is 11.1. The van der Waals surface area contributed by atoms with Gasteiger partial charge in [-0.25, -0.2) is 0 Å². The van der Waals surface area contributed by atoms with Crippen LogP contribution < -0.4 is 4.90 Å². The monoisotopic (exact) mass is 434 g/mol. The van der Waals surface area contributed by atoms with Gasteiger partial charge in [-0.15, -0.1) is 12.4 Å². The third kappa shape index (κ3) is 5.75. The minimum atomic E-state index is 0. The second-order valence-corrected chi connectivity index (χ2v) is 8.14. The first-order valence-corrected chi connectivity index (χ1v) is 10.9. The standard InChI is InChI=1S/C27H30N2O.ClH/c1-22-10-8-9-15-26(22)29(27(30)24-13-6-3-7-14-24)25-17-20-28(21-18-25)19-16-23-11-4-2-5-12-23;/h2-15,25H,16-21H2,1H3;1H. The third-order valence-electron chi connectivity index (χ3n) is 6.10. The molecule has 0 atom stereocenters. The van der Waals surface area contributed by atoms with Gasteiger partial charge in [-0.05, 0) is 55.5 Å². The van der Waals surface area contributed by atoms with E-state index in [1.165, 1.54) is 5.56 Å². The summed E-state index contributed by atoms with van der Waals surface area (Å²) in [6, 6.07) is 28.8.